The van der Waals surface area contributed by atoms with Crippen LogP contribution in [0.25, 0.3) is 5.00 Å². The first kappa shape index (κ1) is 24.6. The van der Waals surface area contributed by atoms with Crippen LogP contribution < -0.4 is 14.8 Å². The third kappa shape index (κ3) is 4.44. The predicted molar refractivity (Wildman–Crippen MR) is 151 cm³/mol. The van der Waals surface area contributed by atoms with Crippen molar-refractivity contribution in [3.05, 3.63) is 94.1 Å². The second kappa shape index (κ2) is 10.2. The summed E-state index contributed by atoms with van der Waals surface area (Å²) in [5.74, 6) is 1.58. The first-order valence-corrected chi connectivity index (χ1v) is 13.8. The van der Waals surface area contributed by atoms with Crippen molar-refractivity contribution in [2.24, 2.45) is 0 Å². The number of hydrogen-bond acceptors (Lipinski definition) is 5. The molecule has 2 aliphatic heterocycles. The summed E-state index contributed by atoms with van der Waals surface area (Å²) in [6.07, 6.45) is 3.13. The highest BCUT2D eigenvalue weighted by atomic mass is 32.1. The zero-order valence-corrected chi connectivity index (χ0v) is 22.8. The minimum absolute atomic E-state index is 0.136. The molecule has 7 nitrogen and oxygen atoms in total. The van der Waals surface area contributed by atoms with Crippen molar-refractivity contribution < 1.29 is 14.3 Å². The number of carbonyl (C=O) groups is 1. The summed E-state index contributed by atoms with van der Waals surface area (Å²) in [5.41, 5.74) is 5.50. The molecule has 6 rings (SSSR count). The van der Waals surface area contributed by atoms with E-state index in [2.05, 4.69) is 52.3 Å². The number of ether oxygens (including phenoxy) is 2. The second-order valence-corrected chi connectivity index (χ2v) is 10.9. The molecule has 4 heterocycles. The van der Waals surface area contributed by atoms with Crippen molar-refractivity contribution in [3.8, 4) is 16.5 Å². The van der Waals surface area contributed by atoms with Crippen LogP contribution in [0.1, 0.15) is 40.2 Å². The lowest BCUT2D eigenvalue weighted by atomic mass is 10.00. The van der Waals surface area contributed by atoms with Crippen molar-refractivity contribution in [3.63, 3.8) is 0 Å². The number of urea groups is 1. The number of amides is 2. The van der Waals surface area contributed by atoms with Crippen LogP contribution in [-0.4, -0.2) is 47.7 Å². The quantitative estimate of drug-likeness (QED) is 0.342. The molecule has 2 aliphatic rings. The van der Waals surface area contributed by atoms with Crippen LogP contribution in [0, 0.1) is 0 Å². The van der Waals surface area contributed by atoms with Crippen LogP contribution in [0.4, 0.5) is 10.5 Å². The molecule has 1 N–H and O–H groups in total. The number of nitrogens with zero attached hydrogens (tertiary/aromatic N) is 3. The fourth-order valence-electron chi connectivity index (χ4n) is 5.49. The molecule has 1 atom stereocenters. The summed E-state index contributed by atoms with van der Waals surface area (Å²) < 4.78 is 13.3. The molecule has 0 aliphatic carbocycles. The Balaban J connectivity index is 1.43. The molecule has 0 spiro atoms. The lowest BCUT2D eigenvalue weighted by Gasteiger charge is -2.32. The van der Waals surface area contributed by atoms with Gasteiger partial charge >= 0.3 is 6.03 Å². The maximum atomic E-state index is 14.1. The number of anilines is 1. The van der Waals surface area contributed by atoms with Crippen LogP contribution in [-0.2, 0) is 19.5 Å². The standard InChI is InChI=1S/C30H32N4O3S/c1-4-37-23-13-9-21(10-14-23)31-30(35)34-18-25-24-15-17-32(2)19-27(24)38-29(25)33-16-5-6-26(33)28(34)20-7-11-22(36-3)12-8-20/h5-14,16,28H,4,15,17-19H2,1-3H3,(H,31,35). The number of benzene rings is 2. The molecule has 0 bridgehead atoms. The van der Waals surface area contributed by atoms with Crippen molar-refractivity contribution in [2.45, 2.75) is 32.5 Å². The molecule has 1 unspecified atom stereocenters. The van der Waals surface area contributed by atoms with Gasteiger partial charge in [-0.05, 0) is 80.1 Å². The fraction of sp³-hybridized carbons (Fsp3) is 0.300. The van der Waals surface area contributed by atoms with Gasteiger partial charge in [-0.15, -0.1) is 11.3 Å². The molecule has 8 heteroatoms. The highest BCUT2D eigenvalue weighted by molar-refractivity contribution is 7.15. The van der Waals surface area contributed by atoms with E-state index in [4.69, 9.17) is 9.47 Å². The SMILES string of the molecule is CCOc1ccc(NC(=O)N2Cc3c(sc4c3CCN(C)C4)-n3cccc3C2c2ccc(OC)cc2)cc1. The van der Waals surface area contributed by atoms with Gasteiger partial charge in [0.15, 0.2) is 0 Å². The maximum absolute atomic E-state index is 14.1. The van der Waals surface area contributed by atoms with E-state index in [1.54, 1.807) is 7.11 Å². The van der Waals surface area contributed by atoms with Gasteiger partial charge in [-0.1, -0.05) is 12.1 Å². The smallest absolute Gasteiger partial charge is 0.322 e. The number of carbonyl (C=O) groups excluding carboxylic acids is 1. The van der Waals surface area contributed by atoms with Gasteiger partial charge in [0, 0.05) is 35.4 Å². The van der Waals surface area contributed by atoms with Gasteiger partial charge in [0.05, 0.1) is 32.0 Å². The van der Waals surface area contributed by atoms with Crippen LogP contribution in [0.2, 0.25) is 0 Å². The Kier molecular flexibility index (Phi) is 6.59. The third-order valence-electron chi connectivity index (χ3n) is 7.36. The number of nitrogens with one attached hydrogen (secondary N) is 1. The van der Waals surface area contributed by atoms with Gasteiger partial charge in [0.2, 0.25) is 0 Å². The van der Waals surface area contributed by atoms with Gasteiger partial charge in [-0.3, -0.25) is 0 Å². The average Bonchev–Trinajstić information content (AvgIpc) is 3.51. The third-order valence-corrected chi connectivity index (χ3v) is 8.62. The molecule has 0 saturated heterocycles. The largest absolute Gasteiger partial charge is 0.497 e. The summed E-state index contributed by atoms with van der Waals surface area (Å²) in [7, 11) is 3.84. The second-order valence-electron chi connectivity index (χ2n) is 9.77. The molecule has 4 aromatic rings. The first-order valence-electron chi connectivity index (χ1n) is 13.0. The Labute approximate surface area is 227 Å². The van der Waals surface area contributed by atoms with Gasteiger partial charge in [-0.2, -0.15) is 0 Å². The maximum Gasteiger partial charge on any atom is 0.322 e. The lowest BCUT2D eigenvalue weighted by molar-refractivity contribution is 0.194. The predicted octanol–water partition coefficient (Wildman–Crippen LogP) is 6.07. The number of hydrogen-bond donors (Lipinski definition) is 1. The Morgan fingerprint density at radius 2 is 1.79 bits per heavy atom. The van der Waals surface area contributed by atoms with Crippen molar-refractivity contribution in [2.75, 3.05) is 32.6 Å². The van der Waals surface area contributed by atoms with E-state index in [0.29, 0.717) is 13.2 Å². The highest BCUT2D eigenvalue weighted by Gasteiger charge is 2.36. The van der Waals surface area contributed by atoms with Crippen molar-refractivity contribution in [1.29, 1.82) is 0 Å². The Morgan fingerprint density at radius 3 is 2.53 bits per heavy atom. The molecule has 38 heavy (non-hydrogen) atoms. The molecule has 2 aromatic heterocycles. The van der Waals surface area contributed by atoms with E-state index in [1.807, 2.05) is 59.6 Å². The lowest BCUT2D eigenvalue weighted by Crippen LogP contribution is -2.38. The summed E-state index contributed by atoms with van der Waals surface area (Å²) in [6.45, 7) is 5.07. The Morgan fingerprint density at radius 1 is 1.03 bits per heavy atom. The van der Waals surface area contributed by atoms with E-state index >= 15 is 0 Å². The first-order chi connectivity index (χ1) is 18.6. The van der Waals surface area contributed by atoms with Gasteiger partial charge in [0.25, 0.3) is 0 Å². The van der Waals surface area contributed by atoms with Gasteiger partial charge in [0.1, 0.15) is 16.5 Å². The fourth-order valence-corrected chi connectivity index (χ4v) is 6.93. The van der Waals surface area contributed by atoms with E-state index in [1.165, 1.54) is 21.0 Å². The van der Waals surface area contributed by atoms with E-state index in [9.17, 15) is 4.79 Å². The zero-order valence-electron chi connectivity index (χ0n) is 21.9. The number of methoxy groups -OCH3 is 1. The zero-order chi connectivity index (χ0) is 26.2. The van der Waals surface area contributed by atoms with Crippen LogP contribution in [0.15, 0.2) is 66.9 Å². The molecular weight excluding hydrogens is 496 g/mol. The molecule has 2 aromatic carbocycles. The van der Waals surface area contributed by atoms with Crippen molar-refractivity contribution >= 4 is 23.1 Å². The van der Waals surface area contributed by atoms with E-state index in [0.717, 1.165) is 48.0 Å². The van der Waals surface area contributed by atoms with E-state index in [-0.39, 0.29) is 12.1 Å². The van der Waals surface area contributed by atoms with Crippen molar-refractivity contribution in [1.82, 2.24) is 14.4 Å². The molecular formula is C30H32N4O3S. The number of fused-ring (bicyclic) bond motifs is 5. The number of rotatable bonds is 5. The van der Waals surface area contributed by atoms with Crippen LogP contribution in [0.5, 0.6) is 11.5 Å². The number of likely N-dealkylation sites (N-methyl/N-ethyl adjacent to an activating group) is 1. The summed E-state index contributed by atoms with van der Waals surface area (Å²) in [5, 5.41) is 4.38. The normalized spacial score (nSPS) is 16.7. The minimum Gasteiger partial charge on any atom is -0.497 e. The molecule has 2 amide bonds. The monoisotopic (exact) mass is 528 g/mol. The van der Waals surface area contributed by atoms with E-state index < -0.39 is 0 Å². The summed E-state index contributed by atoms with van der Waals surface area (Å²) in [4.78, 5) is 19.8. The summed E-state index contributed by atoms with van der Waals surface area (Å²) >= 11 is 1.86. The van der Waals surface area contributed by atoms with Gasteiger partial charge in [-0.25, -0.2) is 4.79 Å². The molecule has 0 radical (unpaired) electrons. The Hall–Kier alpha value is -3.75. The molecule has 0 fully saturated rings. The Bertz CT molecular complexity index is 1440. The molecule has 196 valence electrons. The van der Waals surface area contributed by atoms with Crippen LogP contribution in [0.3, 0.4) is 0 Å². The molecule has 0 saturated carbocycles. The minimum atomic E-state index is -0.264. The average molecular weight is 529 g/mol. The number of thiophene rings is 1. The van der Waals surface area contributed by atoms with Gasteiger partial charge < -0.3 is 29.2 Å². The number of aromatic nitrogens is 1. The van der Waals surface area contributed by atoms with Crippen LogP contribution >= 0.6 is 11.3 Å². The topological polar surface area (TPSA) is 59.0 Å². The highest BCUT2D eigenvalue weighted by Crippen LogP contribution is 2.43. The summed E-state index contributed by atoms with van der Waals surface area (Å²) in [6, 6.07) is 19.4.